The van der Waals surface area contributed by atoms with E-state index >= 15 is 0 Å². The summed E-state index contributed by atoms with van der Waals surface area (Å²) >= 11 is 5.93. The van der Waals surface area contributed by atoms with Gasteiger partial charge in [0.25, 0.3) is 0 Å². The second-order valence-electron chi connectivity index (χ2n) is 5.12. The van der Waals surface area contributed by atoms with Crippen LogP contribution in [0.25, 0.3) is 0 Å². The van der Waals surface area contributed by atoms with Gasteiger partial charge in [0.1, 0.15) is 0 Å². The van der Waals surface area contributed by atoms with Crippen LogP contribution in [0.4, 0.5) is 0 Å². The van der Waals surface area contributed by atoms with E-state index in [0.717, 1.165) is 18.7 Å². The van der Waals surface area contributed by atoms with Crippen LogP contribution in [0, 0.1) is 0 Å². The molecule has 0 aliphatic carbocycles. The fourth-order valence-electron chi connectivity index (χ4n) is 2.17. The summed E-state index contributed by atoms with van der Waals surface area (Å²) in [6.07, 6.45) is 4.07. The van der Waals surface area contributed by atoms with Gasteiger partial charge in [-0.2, -0.15) is 5.10 Å². The van der Waals surface area contributed by atoms with Crippen LogP contribution in [0.1, 0.15) is 23.7 Å². The van der Waals surface area contributed by atoms with Crippen molar-refractivity contribution in [3.63, 3.8) is 0 Å². The lowest BCUT2D eigenvalue weighted by Gasteiger charge is -2.18. The van der Waals surface area contributed by atoms with E-state index in [0.29, 0.717) is 11.4 Å². The van der Waals surface area contributed by atoms with E-state index in [1.165, 1.54) is 5.56 Å². The fraction of sp³-hybridized carbons (Fsp3) is 0.400. The van der Waals surface area contributed by atoms with Crippen LogP contribution in [0.3, 0.4) is 0 Å². The summed E-state index contributed by atoms with van der Waals surface area (Å²) in [5.41, 5.74) is 2.04. The lowest BCUT2D eigenvalue weighted by molar-refractivity contribution is 0.147. The molecule has 1 atom stereocenters. The van der Waals surface area contributed by atoms with Crippen LogP contribution in [0.15, 0.2) is 36.7 Å². The van der Waals surface area contributed by atoms with Crippen LogP contribution >= 0.6 is 11.6 Å². The zero-order chi connectivity index (χ0) is 14.5. The van der Waals surface area contributed by atoms with Crippen LogP contribution < -0.4 is 0 Å². The Morgan fingerprint density at radius 3 is 2.90 bits per heavy atom. The Balaban J connectivity index is 1.82. The Morgan fingerprint density at radius 2 is 2.25 bits per heavy atom. The number of benzene rings is 1. The number of rotatable bonds is 6. The van der Waals surface area contributed by atoms with Gasteiger partial charge in [-0.05, 0) is 31.2 Å². The first kappa shape index (κ1) is 15.0. The molecule has 1 aromatic heterocycles. The zero-order valence-corrected chi connectivity index (χ0v) is 12.6. The maximum Gasteiger partial charge on any atom is 0.0802 e. The second-order valence-corrected chi connectivity index (χ2v) is 5.56. The lowest BCUT2D eigenvalue weighted by Crippen LogP contribution is -2.20. The third-order valence-electron chi connectivity index (χ3n) is 3.23. The summed E-state index contributed by atoms with van der Waals surface area (Å²) in [5.74, 6) is 0. The summed E-state index contributed by atoms with van der Waals surface area (Å²) < 4.78 is 1.80. The first-order valence-corrected chi connectivity index (χ1v) is 7.02. The van der Waals surface area contributed by atoms with Crippen molar-refractivity contribution in [1.29, 1.82) is 0 Å². The van der Waals surface area contributed by atoms with Gasteiger partial charge in [-0.1, -0.05) is 23.7 Å². The average Bonchev–Trinajstić information content (AvgIpc) is 2.81. The van der Waals surface area contributed by atoms with Crippen molar-refractivity contribution in [3.05, 3.63) is 52.8 Å². The largest absolute Gasteiger partial charge is 0.388 e. The molecule has 5 heteroatoms. The van der Waals surface area contributed by atoms with Gasteiger partial charge in [0, 0.05) is 36.9 Å². The van der Waals surface area contributed by atoms with E-state index in [2.05, 4.69) is 10.00 Å². The average molecular weight is 294 g/mol. The summed E-state index contributed by atoms with van der Waals surface area (Å²) in [7, 11) is 3.95. The van der Waals surface area contributed by atoms with E-state index in [1.54, 1.807) is 4.68 Å². The minimum absolute atomic E-state index is 0.481. The summed E-state index contributed by atoms with van der Waals surface area (Å²) in [6, 6.07) is 7.39. The van der Waals surface area contributed by atoms with Gasteiger partial charge in [-0.25, -0.2) is 0 Å². The van der Waals surface area contributed by atoms with Gasteiger partial charge in [0.05, 0.1) is 12.3 Å². The second kappa shape index (κ2) is 6.88. The number of hydrogen-bond acceptors (Lipinski definition) is 3. The molecule has 2 aromatic rings. The molecule has 1 unspecified atom stereocenters. The third kappa shape index (κ3) is 4.34. The molecule has 0 fully saturated rings. The van der Waals surface area contributed by atoms with Gasteiger partial charge < -0.3 is 10.0 Å². The molecule has 1 aromatic carbocycles. The predicted molar refractivity (Wildman–Crippen MR) is 80.6 cm³/mol. The van der Waals surface area contributed by atoms with Crippen molar-refractivity contribution in [2.75, 3.05) is 13.6 Å². The fourth-order valence-corrected chi connectivity index (χ4v) is 2.37. The van der Waals surface area contributed by atoms with E-state index in [4.69, 9.17) is 11.6 Å². The molecule has 0 spiro atoms. The maximum absolute atomic E-state index is 10.2. The third-order valence-corrected chi connectivity index (χ3v) is 3.46. The molecule has 108 valence electrons. The molecule has 0 aliphatic heterocycles. The molecule has 1 heterocycles. The van der Waals surface area contributed by atoms with Gasteiger partial charge in [-0.15, -0.1) is 0 Å². The molecule has 0 saturated heterocycles. The van der Waals surface area contributed by atoms with E-state index in [9.17, 15) is 5.11 Å². The Hall–Kier alpha value is -1.36. The minimum Gasteiger partial charge on any atom is -0.388 e. The Labute approximate surface area is 124 Å². The normalized spacial score (nSPS) is 12.8. The van der Waals surface area contributed by atoms with Crippen LogP contribution in [0.2, 0.25) is 5.02 Å². The number of aryl methyl sites for hydroxylation is 1. The summed E-state index contributed by atoms with van der Waals surface area (Å²) in [4.78, 5) is 2.17. The standard InChI is InChI=1S/C15H20ClN3O/c1-18(10-12-9-17-19(2)11-12)7-6-15(20)13-4-3-5-14(16)8-13/h3-5,8-9,11,15,20H,6-7,10H2,1-2H3. The Kier molecular flexibility index (Phi) is 5.17. The number of aromatic nitrogens is 2. The SMILES string of the molecule is CN(CCC(O)c1cccc(Cl)c1)Cc1cnn(C)c1. The van der Waals surface area contributed by atoms with Crippen molar-refractivity contribution in [2.24, 2.45) is 7.05 Å². The molecule has 20 heavy (non-hydrogen) atoms. The number of halogens is 1. The molecule has 1 N–H and O–H groups in total. The van der Waals surface area contributed by atoms with E-state index in [1.807, 2.05) is 50.8 Å². The van der Waals surface area contributed by atoms with Crippen molar-refractivity contribution in [2.45, 2.75) is 19.1 Å². The highest BCUT2D eigenvalue weighted by atomic mass is 35.5. The van der Waals surface area contributed by atoms with Crippen LogP contribution in [-0.4, -0.2) is 33.4 Å². The van der Waals surface area contributed by atoms with Gasteiger partial charge in [-0.3, -0.25) is 4.68 Å². The van der Waals surface area contributed by atoms with Gasteiger partial charge in [0.15, 0.2) is 0 Å². The Morgan fingerprint density at radius 1 is 1.45 bits per heavy atom. The van der Waals surface area contributed by atoms with Crippen LogP contribution in [0.5, 0.6) is 0 Å². The van der Waals surface area contributed by atoms with Crippen molar-refractivity contribution in [1.82, 2.24) is 14.7 Å². The van der Waals surface area contributed by atoms with E-state index in [-0.39, 0.29) is 0 Å². The highest BCUT2D eigenvalue weighted by molar-refractivity contribution is 6.30. The summed E-state index contributed by atoms with van der Waals surface area (Å²) in [5, 5.41) is 15.0. The molecular formula is C15H20ClN3O. The number of aliphatic hydroxyl groups excluding tert-OH is 1. The monoisotopic (exact) mass is 293 g/mol. The van der Waals surface area contributed by atoms with Crippen molar-refractivity contribution < 1.29 is 5.11 Å². The molecule has 0 aliphatic rings. The number of hydrogen-bond donors (Lipinski definition) is 1. The minimum atomic E-state index is -0.481. The molecule has 0 radical (unpaired) electrons. The molecule has 0 amide bonds. The highest BCUT2D eigenvalue weighted by Crippen LogP contribution is 2.20. The smallest absolute Gasteiger partial charge is 0.0802 e. The van der Waals surface area contributed by atoms with E-state index < -0.39 is 6.10 Å². The number of aliphatic hydroxyl groups is 1. The topological polar surface area (TPSA) is 41.3 Å². The quantitative estimate of drug-likeness (QED) is 0.890. The Bertz CT molecular complexity index is 556. The molecule has 2 rings (SSSR count). The zero-order valence-electron chi connectivity index (χ0n) is 11.8. The number of nitrogens with zero attached hydrogens (tertiary/aromatic N) is 3. The predicted octanol–water partition coefficient (Wildman–Crippen LogP) is 2.63. The van der Waals surface area contributed by atoms with Crippen molar-refractivity contribution >= 4 is 11.6 Å². The van der Waals surface area contributed by atoms with Crippen molar-refractivity contribution in [3.8, 4) is 0 Å². The lowest BCUT2D eigenvalue weighted by atomic mass is 10.1. The maximum atomic E-state index is 10.2. The van der Waals surface area contributed by atoms with Gasteiger partial charge >= 0.3 is 0 Å². The molecule has 0 bridgehead atoms. The highest BCUT2D eigenvalue weighted by Gasteiger charge is 2.10. The van der Waals surface area contributed by atoms with Gasteiger partial charge in [0.2, 0.25) is 0 Å². The molecule has 4 nitrogen and oxygen atoms in total. The molecular weight excluding hydrogens is 274 g/mol. The first-order valence-electron chi connectivity index (χ1n) is 6.64. The summed E-state index contributed by atoms with van der Waals surface area (Å²) in [6.45, 7) is 1.64. The molecule has 0 saturated carbocycles. The first-order chi connectivity index (χ1) is 9.54. The van der Waals surface area contributed by atoms with Crippen LogP contribution in [-0.2, 0) is 13.6 Å².